The minimum absolute atomic E-state index is 0.00278. The lowest BCUT2D eigenvalue weighted by Gasteiger charge is -2.37. The van der Waals surface area contributed by atoms with Gasteiger partial charge in [-0.1, -0.05) is 19.3 Å². The molecule has 1 saturated carbocycles. The molecule has 8 heteroatoms. The van der Waals surface area contributed by atoms with Crippen LogP contribution >= 0.6 is 0 Å². The molecular formula is C22H28N6O2. The number of hydrogen-bond acceptors (Lipinski definition) is 6. The largest absolute Gasteiger partial charge is 0.337 e. The molecule has 1 atom stereocenters. The number of likely N-dealkylation sites (tertiary alicyclic amines) is 1. The minimum Gasteiger partial charge on any atom is -0.337 e. The van der Waals surface area contributed by atoms with Crippen molar-refractivity contribution in [3.8, 4) is 0 Å². The van der Waals surface area contributed by atoms with Crippen LogP contribution in [0, 0.1) is 0 Å². The Kier molecular flexibility index (Phi) is 5.33. The van der Waals surface area contributed by atoms with Crippen LogP contribution < -0.4 is 5.56 Å². The Morgan fingerprint density at radius 2 is 1.97 bits per heavy atom. The molecule has 0 bridgehead atoms. The number of nitrogens with zero attached hydrogens (tertiary/aromatic N) is 5. The molecule has 0 spiro atoms. The molecule has 5 rings (SSSR count). The van der Waals surface area contributed by atoms with E-state index in [0.717, 1.165) is 43.0 Å². The first-order valence-electron chi connectivity index (χ1n) is 11.1. The molecule has 0 unspecified atom stereocenters. The van der Waals surface area contributed by atoms with E-state index in [1.165, 1.54) is 44.5 Å². The second-order valence-electron chi connectivity index (χ2n) is 8.72. The van der Waals surface area contributed by atoms with Crippen molar-refractivity contribution >= 4 is 5.91 Å². The van der Waals surface area contributed by atoms with Gasteiger partial charge >= 0.3 is 0 Å². The SMILES string of the molecule is O=C(c1cnccn1)N1CC[C@@H](c2nc3c(c(=O)[nH]2)CCN(C2CCCCC2)C3)C1. The lowest BCUT2D eigenvalue weighted by atomic mass is 9.92. The highest BCUT2D eigenvalue weighted by Gasteiger charge is 2.32. The second-order valence-corrected chi connectivity index (χ2v) is 8.72. The van der Waals surface area contributed by atoms with E-state index < -0.39 is 0 Å². The van der Waals surface area contributed by atoms with Crippen LogP contribution in [-0.2, 0) is 13.0 Å². The van der Waals surface area contributed by atoms with Crippen LogP contribution in [0.15, 0.2) is 23.4 Å². The molecule has 0 radical (unpaired) electrons. The summed E-state index contributed by atoms with van der Waals surface area (Å²) in [6.07, 6.45) is 12.6. The molecule has 2 fully saturated rings. The van der Waals surface area contributed by atoms with Crippen molar-refractivity contribution in [3.63, 3.8) is 0 Å². The highest BCUT2D eigenvalue weighted by atomic mass is 16.2. The van der Waals surface area contributed by atoms with Gasteiger partial charge in [0.25, 0.3) is 11.5 Å². The summed E-state index contributed by atoms with van der Waals surface area (Å²) in [5, 5.41) is 0. The fourth-order valence-electron chi connectivity index (χ4n) is 5.17. The Hall–Kier alpha value is -2.61. The topological polar surface area (TPSA) is 95.1 Å². The fourth-order valence-corrected chi connectivity index (χ4v) is 5.17. The highest BCUT2D eigenvalue weighted by Crippen LogP contribution is 2.29. The van der Waals surface area contributed by atoms with Gasteiger partial charge in [-0.3, -0.25) is 19.5 Å². The van der Waals surface area contributed by atoms with Crippen LogP contribution in [0.25, 0.3) is 0 Å². The summed E-state index contributed by atoms with van der Waals surface area (Å²) in [6.45, 7) is 2.90. The Labute approximate surface area is 175 Å². The van der Waals surface area contributed by atoms with E-state index >= 15 is 0 Å². The fraction of sp³-hybridized carbons (Fsp3) is 0.591. The number of carbonyl (C=O) groups is 1. The maximum absolute atomic E-state index is 12.7. The number of amides is 1. The van der Waals surface area contributed by atoms with Crippen LogP contribution in [0.3, 0.4) is 0 Å². The third-order valence-electron chi connectivity index (χ3n) is 6.86. The summed E-state index contributed by atoms with van der Waals surface area (Å²) in [7, 11) is 0. The van der Waals surface area contributed by atoms with E-state index in [2.05, 4.69) is 19.9 Å². The van der Waals surface area contributed by atoms with Crippen molar-refractivity contribution in [2.45, 2.75) is 63.5 Å². The minimum atomic E-state index is -0.116. The van der Waals surface area contributed by atoms with Gasteiger partial charge in [0, 0.05) is 56.1 Å². The van der Waals surface area contributed by atoms with Crippen molar-refractivity contribution in [2.75, 3.05) is 19.6 Å². The zero-order chi connectivity index (χ0) is 20.5. The van der Waals surface area contributed by atoms with Gasteiger partial charge in [-0.05, 0) is 25.7 Å². The third kappa shape index (κ3) is 3.76. The van der Waals surface area contributed by atoms with Crippen molar-refractivity contribution in [1.82, 2.24) is 29.7 Å². The number of hydrogen-bond donors (Lipinski definition) is 1. The van der Waals surface area contributed by atoms with Gasteiger partial charge in [0.1, 0.15) is 11.5 Å². The highest BCUT2D eigenvalue weighted by molar-refractivity contribution is 5.92. The summed E-state index contributed by atoms with van der Waals surface area (Å²) in [5.41, 5.74) is 2.13. The molecule has 2 aromatic rings. The van der Waals surface area contributed by atoms with Crippen LogP contribution in [0.1, 0.15) is 72.0 Å². The number of aromatic amines is 1. The van der Waals surface area contributed by atoms with E-state index in [1.54, 1.807) is 11.1 Å². The van der Waals surface area contributed by atoms with Gasteiger partial charge in [0.05, 0.1) is 11.9 Å². The number of rotatable bonds is 3. The maximum atomic E-state index is 12.7. The molecule has 30 heavy (non-hydrogen) atoms. The van der Waals surface area contributed by atoms with Crippen LogP contribution in [0.4, 0.5) is 0 Å². The van der Waals surface area contributed by atoms with Crippen LogP contribution in [0.5, 0.6) is 0 Å². The first-order valence-corrected chi connectivity index (χ1v) is 11.1. The Balaban J connectivity index is 1.32. The van der Waals surface area contributed by atoms with Gasteiger partial charge in [-0.15, -0.1) is 0 Å². The smallest absolute Gasteiger partial charge is 0.274 e. The number of H-pyrrole nitrogens is 1. The molecule has 0 aromatic carbocycles. The molecule has 1 N–H and O–H groups in total. The van der Waals surface area contributed by atoms with E-state index in [4.69, 9.17) is 4.98 Å². The Morgan fingerprint density at radius 3 is 2.77 bits per heavy atom. The number of aromatic nitrogens is 4. The monoisotopic (exact) mass is 408 g/mol. The van der Waals surface area contributed by atoms with Gasteiger partial charge in [-0.2, -0.15) is 0 Å². The molecule has 1 amide bonds. The molecule has 2 aromatic heterocycles. The van der Waals surface area contributed by atoms with E-state index in [9.17, 15) is 9.59 Å². The summed E-state index contributed by atoms with van der Waals surface area (Å²) in [5.74, 6) is 0.654. The van der Waals surface area contributed by atoms with Crippen molar-refractivity contribution in [3.05, 3.63) is 51.7 Å². The first kappa shape index (κ1) is 19.4. The van der Waals surface area contributed by atoms with Crippen molar-refractivity contribution in [2.24, 2.45) is 0 Å². The molecule has 1 saturated heterocycles. The van der Waals surface area contributed by atoms with E-state index in [-0.39, 0.29) is 17.4 Å². The Bertz CT molecular complexity index is 969. The average molecular weight is 409 g/mol. The molecule has 158 valence electrons. The van der Waals surface area contributed by atoms with Gasteiger partial charge in [0.15, 0.2) is 0 Å². The van der Waals surface area contributed by atoms with E-state index in [0.29, 0.717) is 24.8 Å². The lowest BCUT2D eigenvalue weighted by Crippen LogP contribution is -2.42. The molecule has 3 aliphatic rings. The molecule has 4 heterocycles. The molecule has 8 nitrogen and oxygen atoms in total. The van der Waals surface area contributed by atoms with E-state index in [1.807, 2.05) is 0 Å². The second kappa shape index (κ2) is 8.26. The van der Waals surface area contributed by atoms with Crippen molar-refractivity contribution < 1.29 is 4.79 Å². The standard InChI is InChI=1S/C22H28N6O2/c29-21-17-7-11-27(16-4-2-1-3-5-16)14-19(17)25-20(26-21)15-6-10-28(13-15)22(30)18-12-23-8-9-24-18/h8-9,12,15-16H,1-7,10-11,13-14H2,(H,25,26,29)/t15-/m1/s1. The zero-order valence-corrected chi connectivity index (χ0v) is 17.2. The Morgan fingerprint density at radius 1 is 1.10 bits per heavy atom. The number of nitrogens with one attached hydrogen (secondary N) is 1. The number of fused-ring (bicyclic) bond motifs is 1. The molecule has 1 aliphatic carbocycles. The number of carbonyl (C=O) groups excluding carboxylic acids is 1. The summed E-state index contributed by atoms with van der Waals surface area (Å²) < 4.78 is 0. The summed E-state index contributed by atoms with van der Waals surface area (Å²) in [6, 6.07) is 0.628. The first-order chi connectivity index (χ1) is 14.7. The zero-order valence-electron chi connectivity index (χ0n) is 17.2. The third-order valence-corrected chi connectivity index (χ3v) is 6.86. The quantitative estimate of drug-likeness (QED) is 0.833. The van der Waals surface area contributed by atoms with Crippen molar-refractivity contribution in [1.29, 1.82) is 0 Å². The lowest BCUT2D eigenvalue weighted by molar-refractivity contribution is 0.0784. The van der Waals surface area contributed by atoms with Crippen LogP contribution in [0.2, 0.25) is 0 Å². The average Bonchev–Trinajstić information content (AvgIpc) is 3.30. The van der Waals surface area contributed by atoms with Gasteiger partial charge in [0.2, 0.25) is 0 Å². The normalized spacial score (nSPS) is 22.8. The predicted octanol–water partition coefficient (Wildman–Crippen LogP) is 1.88. The van der Waals surface area contributed by atoms with Gasteiger partial charge in [-0.25, -0.2) is 9.97 Å². The van der Waals surface area contributed by atoms with Crippen LogP contribution in [-0.4, -0.2) is 61.3 Å². The summed E-state index contributed by atoms with van der Waals surface area (Å²) >= 11 is 0. The maximum Gasteiger partial charge on any atom is 0.274 e. The predicted molar refractivity (Wildman–Crippen MR) is 111 cm³/mol. The molecule has 2 aliphatic heterocycles. The molecular weight excluding hydrogens is 380 g/mol. The summed E-state index contributed by atoms with van der Waals surface area (Å²) in [4.78, 5) is 45.7. The van der Waals surface area contributed by atoms with Gasteiger partial charge < -0.3 is 9.88 Å².